The highest BCUT2D eigenvalue weighted by Crippen LogP contribution is 2.17. The zero-order chi connectivity index (χ0) is 14.5. The fraction of sp³-hybridized carbons (Fsp3) is 0.235. The second kappa shape index (κ2) is 6.24. The van der Waals surface area contributed by atoms with E-state index in [1.54, 1.807) is 36.4 Å². The SMILES string of the molecule is Cc1ccc(OC(=O)c2ccc(OC(C)C)cc2)cc1. The van der Waals surface area contributed by atoms with Gasteiger partial charge >= 0.3 is 5.97 Å². The van der Waals surface area contributed by atoms with Gasteiger partial charge in [-0.15, -0.1) is 0 Å². The predicted octanol–water partition coefficient (Wildman–Crippen LogP) is 4.00. The van der Waals surface area contributed by atoms with Crippen LogP contribution < -0.4 is 9.47 Å². The van der Waals surface area contributed by atoms with E-state index in [2.05, 4.69) is 0 Å². The third kappa shape index (κ3) is 3.85. The van der Waals surface area contributed by atoms with E-state index in [0.717, 1.165) is 11.3 Å². The molecule has 0 saturated carbocycles. The van der Waals surface area contributed by atoms with E-state index in [4.69, 9.17) is 9.47 Å². The Hall–Kier alpha value is -2.29. The van der Waals surface area contributed by atoms with Crippen LogP contribution in [0.5, 0.6) is 11.5 Å². The van der Waals surface area contributed by atoms with Crippen molar-refractivity contribution in [1.82, 2.24) is 0 Å². The van der Waals surface area contributed by atoms with Crippen molar-refractivity contribution in [3.05, 3.63) is 59.7 Å². The number of carbonyl (C=O) groups excluding carboxylic acids is 1. The summed E-state index contributed by atoms with van der Waals surface area (Å²) < 4.78 is 10.8. The van der Waals surface area contributed by atoms with E-state index in [1.165, 1.54) is 0 Å². The summed E-state index contributed by atoms with van der Waals surface area (Å²) in [5.41, 5.74) is 1.63. The van der Waals surface area contributed by atoms with Crippen LogP contribution in [0.2, 0.25) is 0 Å². The first-order valence-corrected chi connectivity index (χ1v) is 6.60. The van der Waals surface area contributed by atoms with Gasteiger partial charge in [0.05, 0.1) is 11.7 Å². The Morgan fingerprint density at radius 1 is 0.900 bits per heavy atom. The fourth-order valence-corrected chi connectivity index (χ4v) is 1.71. The molecule has 0 fully saturated rings. The highest BCUT2D eigenvalue weighted by atomic mass is 16.5. The number of rotatable bonds is 4. The maximum Gasteiger partial charge on any atom is 0.343 e. The van der Waals surface area contributed by atoms with Gasteiger partial charge in [0.25, 0.3) is 0 Å². The lowest BCUT2D eigenvalue weighted by atomic mass is 10.2. The summed E-state index contributed by atoms with van der Waals surface area (Å²) in [5.74, 6) is 0.917. The molecule has 0 heterocycles. The fourth-order valence-electron chi connectivity index (χ4n) is 1.71. The lowest BCUT2D eigenvalue weighted by Crippen LogP contribution is -2.09. The number of esters is 1. The largest absolute Gasteiger partial charge is 0.491 e. The Bertz CT molecular complexity index is 568. The summed E-state index contributed by atoms with van der Waals surface area (Å²) in [4.78, 5) is 12.0. The summed E-state index contributed by atoms with van der Waals surface area (Å²) in [7, 11) is 0. The number of carbonyl (C=O) groups is 1. The molecule has 0 amide bonds. The van der Waals surface area contributed by atoms with E-state index in [1.807, 2.05) is 32.9 Å². The first-order chi connectivity index (χ1) is 9.54. The molecule has 2 aromatic carbocycles. The minimum atomic E-state index is -0.370. The van der Waals surface area contributed by atoms with Gasteiger partial charge < -0.3 is 9.47 Å². The predicted molar refractivity (Wildman–Crippen MR) is 78.3 cm³/mol. The van der Waals surface area contributed by atoms with Crippen LogP contribution in [0.3, 0.4) is 0 Å². The molecule has 0 aromatic heterocycles. The third-order valence-electron chi connectivity index (χ3n) is 2.69. The van der Waals surface area contributed by atoms with Crippen LogP contribution in [0, 0.1) is 6.92 Å². The average Bonchev–Trinajstić information content (AvgIpc) is 2.41. The minimum Gasteiger partial charge on any atom is -0.491 e. The first-order valence-electron chi connectivity index (χ1n) is 6.60. The summed E-state index contributed by atoms with van der Waals surface area (Å²) in [6, 6.07) is 14.3. The van der Waals surface area contributed by atoms with Crippen LogP contribution in [-0.4, -0.2) is 12.1 Å². The summed E-state index contributed by atoms with van der Waals surface area (Å²) in [6.07, 6.45) is 0.111. The highest BCUT2D eigenvalue weighted by Gasteiger charge is 2.09. The van der Waals surface area contributed by atoms with E-state index in [-0.39, 0.29) is 12.1 Å². The van der Waals surface area contributed by atoms with Gasteiger partial charge in [-0.1, -0.05) is 17.7 Å². The van der Waals surface area contributed by atoms with Crippen molar-refractivity contribution in [2.75, 3.05) is 0 Å². The number of hydrogen-bond donors (Lipinski definition) is 0. The first kappa shape index (κ1) is 14.1. The zero-order valence-corrected chi connectivity index (χ0v) is 11.9. The van der Waals surface area contributed by atoms with Crippen molar-refractivity contribution in [3.63, 3.8) is 0 Å². The molecule has 0 unspecified atom stereocenters. The lowest BCUT2D eigenvalue weighted by Gasteiger charge is -2.10. The summed E-state index contributed by atoms with van der Waals surface area (Å²) in [6.45, 7) is 5.90. The average molecular weight is 270 g/mol. The topological polar surface area (TPSA) is 35.5 Å². The van der Waals surface area contributed by atoms with Crippen LogP contribution in [0.1, 0.15) is 29.8 Å². The maximum absolute atomic E-state index is 12.0. The van der Waals surface area contributed by atoms with Crippen LogP contribution in [-0.2, 0) is 0 Å². The number of aryl methyl sites for hydroxylation is 1. The number of ether oxygens (including phenoxy) is 2. The molecule has 0 aliphatic carbocycles. The second-order valence-corrected chi connectivity index (χ2v) is 4.89. The monoisotopic (exact) mass is 270 g/mol. The van der Waals surface area contributed by atoms with E-state index < -0.39 is 0 Å². The molecule has 2 aromatic rings. The van der Waals surface area contributed by atoms with Crippen molar-refractivity contribution in [2.24, 2.45) is 0 Å². The van der Waals surface area contributed by atoms with Crippen LogP contribution >= 0.6 is 0 Å². The van der Waals surface area contributed by atoms with Crippen molar-refractivity contribution in [3.8, 4) is 11.5 Å². The van der Waals surface area contributed by atoms with Gasteiger partial charge in [-0.2, -0.15) is 0 Å². The Morgan fingerprint density at radius 2 is 1.45 bits per heavy atom. The van der Waals surface area contributed by atoms with E-state index in [9.17, 15) is 4.79 Å². The smallest absolute Gasteiger partial charge is 0.343 e. The molecule has 20 heavy (non-hydrogen) atoms. The summed E-state index contributed by atoms with van der Waals surface area (Å²) in [5, 5.41) is 0. The Kier molecular flexibility index (Phi) is 4.41. The van der Waals surface area contributed by atoms with Gasteiger partial charge in [0.1, 0.15) is 11.5 Å². The van der Waals surface area contributed by atoms with Crippen LogP contribution in [0.25, 0.3) is 0 Å². The molecule has 3 heteroatoms. The normalized spacial score (nSPS) is 10.4. The molecule has 0 radical (unpaired) electrons. The van der Waals surface area contributed by atoms with Gasteiger partial charge in [0, 0.05) is 0 Å². The lowest BCUT2D eigenvalue weighted by molar-refractivity contribution is 0.0734. The molecule has 0 aliphatic rings. The molecular formula is C17H18O3. The Labute approximate surface area is 119 Å². The van der Waals surface area contributed by atoms with Crippen LogP contribution in [0.4, 0.5) is 0 Å². The molecule has 0 spiro atoms. The standard InChI is InChI=1S/C17H18O3/c1-12(2)19-15-10-6-14(7-11-15)17(18)20-16-8-4-13(3)5-9-16/h4-12H,1-3H3. The van der Waals surface area contributed by atoms with Gasteiger partial charge in [-0.25, -0.2) is 4.79 Å². The van der Waals surface area contributed by atoms with E-state index >= 15 is 0 Å². The Morgan fingerprint density at radius 3 is 2.00 bits per heavy atom. The van der Waals surface area contributed by atoms with Gasteiger partial charge in [-0.3, -0.25) is 0 Å². The van der Waals surface area contributed by atoms with Crippen molar-refractivity contribution < 1.29 is 14.3 Å². The molecular weight excluding hydrogens is 252 g/mol. The Balaban J connectivity index is 2.03. The molecule has 0 saturated heterocycles. The van der Waals surface area contributed by atoms with Gasteiger partial charge in [0.2, 0.25) is 0 Å². The van der Waals surface area contributed by atoms with Gasteiger partial charge in [-0.05, 0) is 57.2 Å². The highest BCUT2D eigenvalue weighted by molar-refractivity contribution is 5.91. The molecule has 0 bridgehead atoms. The molecule has 3 nitrogen and oxygen atoms in total. The third-order valence-corrected chi connectivity index (χ3v) is 2.69. The van der Waals surface area contributed by atoms with Gasteiger partial charge in [0.15, 0.2) is 0 Å². The molecule has 0 aliphatic heterocycles. The quantitative estimate of drug-likeness (QED) is 0.622. The molecule has 2 rings (SSSR count). The van der Waals surface area contributed by atoms with Crippen molar-refractivity contribution in [1.29, 1.82) is 0 Å². The molecule has 0 N–H and O–H groups in total. The molecule has 0 atom stereocenters. The maximum atomic E-state index is 12.0. The number of benzene rings is 2. The van der Waals surface area contributed by atoms with Crippen LogP contribution in [0.15, 0.2) is 48.5 Å². The van der Waals surface area contributed by atoms with E-state index in [0.29, 0.717) is 11.3 Å². The van der Waals surface area contributed by atoms with Crippen molar-refractivity contribution in [2.45, 2.75) is 26.9 Å². The second-order valence-electron chi connectivity index (χ2n) is 4.89. The minimum absolute atomic E-state index is 0.111. The molecule has 104 valence electrons. The zero-order valence-electron chi connectivity index (χ0n) is 11.9. The number of hydrogen-bond acceptors (Lipinski definition) is 3. The van der Waals surface area contributed by atoms with Crippen molar-refractivity contribution >= 4 is 5.97 Å². The summed E-state index contributed by atoms with van der Waals surface area (Å²) >= 11 is 0.